The maximum atomic E-state index is 12.2. The smallest absolute Gasteiger partial charge is 0.319 e. The van der Waals surface area contributed by atoms with Crippen molar-refractivity contribution in [2.45, 2.75) is 13.0 Å². The summed E-state index contributed by atoms with van der Waals surface area (Å²) in [6.07, 6.45) is 0.856. The number of nitrogens with one attached hydrogen (secondary N) is 4. The molecule has 3 amide bonds. The highest BCUT2D eigenvalue weighted by atomic mass is 35.5. The molecule has 1 fully saturated rings. The Kier molecular flexibility index (Phi) is 6.09. The Morgan fingerprint density at radius 2 is 1.96 bits per heavy atom. The van der Waals surface area contributed by atoms with Crippen molar-refractivity contribution in [3.8, 4) is 0 Å². The minimum absolute atomic E-state index is 0.0122. The monoisotopic (exact) mass is 372 g/mol. The number of rotatable bonds is 5. The van der Waals surface area contributed by atoms with Gasteiger partial charge >= 0.3 is 6.03 Å². The highest BCUT2D eigenvalue weighted by Gasteiger charge is 2.22. The van der Waals surface area contributed by atoms with E-state index in [9.17, 15) is 9.59 Å². The van der Waals surface area contributed by atoms with E-state index in [-0.39, 0.29) is 17.9 Å². The Labute approximate surface area is 157 Å². The molecule has 0 aliphatic carbocycles. The molecule has 0 bridgehead atoms. The lowest BCUT2D eigenvalue weighted by Gasteiger charge is -2.12. The van der Waals surface area contributed by atoms with Crippen LogP contribution in [0.25, 0.3) is 0 Å². The third-order valence-corrected chi connectivity index (χ3v) is 4.53. The molecule has 1 atom stereocenters. The van der Waals surface area contributed by atoms with Gasteiger partial charge in [0.05, 0.1) is 16.6 Å². The van der Waals surface area contributed by atoms with Crippen LogP contribution in [0, 0.1) is 5.92 Å². The number of hydrogen-bond acceptors (Lipinski definition) is 3. The molecule has 4 N–H and O–H groups in total. The zero-order valence-corrected chi connectivity index (χ0v) is 15.0. The van der Waals surface area contributed by atoms with Crippen LogP contribution < -0.4 is 21.3 Å². The quantitative estimate of drug-likeness (QED) is 0.650. The zero-order valence-electron chi connectivity index (χ0n) is 14.2. The lowest BCUT2D eigenvalue weighted by Crippen LogP contribution is -2.28. The number of carbonyl (C=O) groups is 2. The fraction of sp³-hybridized carbons (Fsp3) is 0.263. The summed E-state index contributed by atoms with van der Waals surface area (Å²) in [6, 6.07) is 14.1. The van der Waals surface area contributed by atoms with Crippen molar-refractivity contribution in [1.82, 2.24) is 10.6 Å². The predicted octanol–water partition coefficient (Wildman–Crippen LogP) is 3.21. The predicted molar refractivity (Wildman–Crippen MR) is 103 cm³/mol. The van der Waals surface area contributed by atoms with Gasteiger partial charge in [0, 0.05) is 18.8 Å². The second-order valence-corrected chi connectivity index (χ2v) is 6.57. The number of halogens is 1. The van der Waals surface area contributed by atoms with Crippen molar-refractivity contribution in [3.63, 3.8) is 0 Å². The van der Waals surface area contributed by atoms with Crippen LogP contribution in [0.4, 0.5) is 16.2 Å². The molecule has 1 unspecified atom stereocenters. The normalized spacial score (nSPS) is 16.1. The van der Waals surface area contributed by atoms with Crippen molar-refractivity contribution in [2.75, 3.05) is 23.7 Å². The van der Waals surface area contributed by atoms with Gasteiger partial charge in [0.25, 0.3) is 0 Å². The number of amides is 3. The third-order valence-electron chi connectivity index (χ3n) is 4.20. The fourth-order valence-corrected chi connectivity index (χ4v) is 2.98. The Hall–Kier alpha value is -2.57. The van der Waals surface area contributed by atoms with E-state index in [1.165, 1.54) is 0 Å². The Morgan fingerprint density at radius 1 is 1.12 bits per heavy atom. The highest BCUT2D eigenvalue weighted by Crippen LogP contribution is 2.20. The summed E-state index contributed by atoms with van der Waals surface area (Å²) in [5.74, 6) is 0.0368. The summed E-state index contributed by atoms with van der Waals surface area (Å²) in [4.78, 5) is 24.2. The molecule has 2 aromatic carbocycles. The van der Waals surface area contributed by atoms with Crippen LogP contribution in [0.3, 0.4) is 0 Å². The minimum atomic E-state index is -0.343. The molecule has 7 heteroatoms. The van der Waals surface area contributed by atoms with Gasteiger partial charge in [-0.05, 0) is 42.8 Å². The van der Waals surface area contributed by atoms with E-state index in [0.29, 0.717) is 17.3 Å². The first-order valence-corrected chi connectivity index (χ1v) is 8.89. The van der Waals surface area contributed by atoms with Gasteiger partial charge in [0.2, 0.25) is 5.91 Å². The Balaban J connectivity index is 1.52. The van der Waals surface area contributed by atoms with Crippen LogP contribution in [-0.2, 0) is 11.3 Å². The van der Waals surface area contributed by atoms with E-state index in [4.69, 9.17) is 11.6 Å². The molecule has 1 aliphatic rings. The lowest BCUT2D eigenvalue weighted by molar-refractivity contribution is -0.119. The van der Waals surface area contributed by atoms with E-state index in [1.54, 1.807) is 24.3 Å². The van der Waals surface area contributed by atoms with Crippen molar-refractivity contribution >= 4 is 34.9 Å². The van der Waals surface area contributed by atoms with Crippen LogP contribution in [0.1, 0.15) is 12.0 Å². The molecule has 0 spiro atoms. The van der Waals surface area contributed by atoms with Gasteiger partial charge in [-0.2, -0.15) is 0 Å². The van der Waals surface area contributed by atoms with Crippen molar-refractivity contribution in [1.29, 1.82) is 0 Å². The van der Waals surface area contributed by atoms with Gasteiger partial charge in [0.15, 0.2) is 0 Å². The molecule has 1 aliphatic heterocycles. The molecule has 1 heterocycles. The highest BCUT2D eigenvalue weighted by molar-refractivity contribution is 6.33. The maximum Gasteiger partial charge on any atom is 0.319 e. The molecular formula is C19H21ClN4O2. The molecule has 0 aromatic heterocycles. The van der Waals surface area contributed by atoms with Crippen LogP contribution in [0.5, 0.6) is 0 Å². The average molecular weight is 373 g/mol. The van der Waals surface area contributed by atoms with Crippen LogP contribution in [-0.4, -0.2) is 25.0 Å². The zero-order chi connectivity index (χ0) is 18.4. The number of anilines is 2. The van der Waals surface area contributed by atoms with Crippen molar-refractivity contribution in [2.24, 2.45) is 5.92 Å². The molecule has 3 rings (SSSR count). The van der Waals surface area contributed by atoms with Crippen LogP contribution in [0.2, 0.25) is 5.02 Å². The summed E-state index contributed by atoms with van der Waals surface area (Å²) in [5.41, 5.74) is 2.17. The summed E-state index contributed by atoms with van der Waals surface area (Å²) in [7, 11) is 0. The van der Waals surface area contributed by atoms with Gasteiger partial charge in [-0.15, -0.1) is 0 Å². The van der Waals surface area contributed by atoms with Crippen molar-refractivity contribution in [3.05, 3.63) is 59.1 Å². The first-order valence-electron chi connectivity index (χ1n) is 8.52. The summed E-state index contributed by atoms with van der Waals surface area (Å²) >= 11 is 6.02. The van der Waals surface area contributed by atoms with Crippen molar-refractivity contribution < 1.29 is 9.59 Å². The lowest BCUT2D eigenvalue weighted by atomic mass is 10.1. The molecule has 0 saturated carbocycles. The SMILES string of the molecule is O=C(NCc1cccc(NC(=O)C2CCNC2)c1)Nc1ccccc1Cl. The van der Waals surface area contributed by atoms with Crippen LogP contribution >= 0.6 is 11.6 Å². The second-order valence-electron chi connectivity index (χ2n) is 6.17. The van der Waals surface area contributed by atoms with Crippen LogP contribution in [0.15, 0.2) is 48.5 Å². The second kappa shape index (κ2) is 8.69. The minimum Gasteiger partial charge on any atom is -0.334 e. The van der Waals surface area contributed by atoms with Gasteiger partial charge < -0.3 is 21.3 Å². The molecule has 1 saturated heterocycles. The topological polar surface area (TPSA) is 82.3 Å². The fourth-order valence-electron chi connectivity index (χ4n) is 2.79. The van der Waals surface area contributed by atoms with Gasteiger partial charge in [-0.1, -0.05) is 35.9 Å². The number of hydrogen-bond donors (Lipinski definition) is 4. The molecule has 2 aromatic rings. The standard InChI is InChI=1S/C19H21ClN4O2/c20-16-6-1-2-7-17(16)24-19(26)22-11-13-4-3-5-15(10-13)23-18(25)14-8-9-21-12-14/h1-7,10,14,21H,8-9,11-12H2,(H,23,25)(H2,22,24,26). The first-order chi connectivity index (χ1) is 12.6. The number of benzene rings is 2. The molecular weight excluding hydrogens is 352 g/mol. The average Bonchev–Trinajstić information content (AvgIpc) is 3.17. The molecule has 136 valence electrons. The Bertz CT molecular complexity index is 791. The first kappa shape index (κ1) is 18.2. The van der Waals surface area contributed by atoms with E-state index in [2.05, 4.69) is 21.3 Å². The number of para-hydroxylation sites is 1. The molecule has 6 nitrogen and oxygen atoms in total. The van der Waals surface area contributed by atoms with Gasteiger partial charge in [0.1, 0.15) is 0 Å². The van der Waals surface area contributed by atoms with E-state index in [1.807, 2.05) is 24.3 Å². The third kappa shape index (κ3) is 4.97. The summed E-state index contributed by atoms with van der Waals surface area (Å²) < 4.78 is 0. The molecule has 0 radical (unpaired) electrons. The van der Waals surface area contributed by atoms with E-state index in [0.717, 1.165) is 30.8 Å². The van der Waals surface area contributed by atoms with Gasteiger partial charge in [-0.3, -0.25) is 4.79 Å². The largest absolute Gasteiger partial charge is 0.334 e. The number of urea groups is 1. The molecule has 26 heavy (non-hydrogen) atoms. The van der Waals surface area contributed by atoms with E-state index < -0.39 is 0 Å². The maximum absolute atomic E-state index is 12.2. The Morgan fingerprint density at radius 3 is 2.73 bits per heavy atom. The van der Waals surface area contributed by atoms with E-state index >= 15 is 0 Å². The summed E-state index contributed by atoms with van der Waals surface area (Å²) in [5, 5.41) is 12.1. The van der Waals surface area contributed by atoms with Gasteiger partial charge in [-0.25, -0.2) is 4.79 Å². The summed E-state index contributed by atoms with van der Waals surface area (Å²) in [6.45, 7) is 1.93. The number of carbonyl (C=O) groups excluding carboxylic acids is 2.